The molecule has 0 radical (unpaired) electrons. The van der Waals surface area contributed by atoms with Gasteiger partial charge in [0, 0.05) is 13.1 Å². The minimum Gasteiger partial charge on any atom is -0.466 e. The smallest absolute Gasteiger partial charge is 0.315 e. The summed E-state index contributed by atoms with van der Waals surface area (Å²) >= 11 is 0. The van der Waals surface area contributed by atoms with Crippen molar-refractivity contribution in [2.75, 3.05) is 37.8 Å². The van der Waals surface area contributed by atoms with Gasteiger partial charge in [-0.2, -0.15) is 4.98 Å². The molecule has 7 heteroatoms. The Morgan fingerprint density at radius 1 is 1.47 bits per heavy atom. The maximum Gasteiger partial charge on any atom is 0.315 e. The molecule has 17 heavy (non-hydrogen) atoms. The molecule has 1 aliphatic rings. The number of esters is 1. The molecule has 0 N–H and O–H groups in total. The molecule has 0 aliphatic carbocycles. The SMILES string of the molecule is CCOC(=O)Cc1nc(N2CCOCC2)no1. The Kier molecular flexibility index (Phi) is 3.92. The van der Waals surface area contributed by atoms with E-state index in [0.29, 0.717) is 25.8 Å². The van der Waals surface area contributed by atoms with Gasteiger partial charge in [-0.25, -0.2) is 0 Å². The average Bonchev–Trinajstić information content (AvgIpc) is 2.79. The molecular weight excluding hydrogens is 226 g/mol. The highest BCUT2D eigenvalue weighted by atomic mass is 16.5. The molecule has 0 atom stereocenters. The summed E-state index contributed by atoms with van der Waals surface area (Å²) < 4.78 is 15.0. The maximum absolute atomic E-state index is 11.2. The number of rotatable bonds is 4. The van der Waals surface area contributed by atoms with Gasteiger partial charge in [0.1, 0.15) is 6.42 Å². The zero-order chi connectivity index (χ0) is 12.1. The summed E-state index contributed by atoms with van der Waals surface area (Å²) in [5.74, 6) is 0.433. The van der Waals surface area contributed by atoms with Crippen LogP contribution in [0.25, 0.3) is 0 Å². The van der Waals surface area contributed by atoms with Gasteiger partial charge in [-0.05, 0) is 12.1 Å². The quantitative estimate of drug-likeness (QED) is 0.687. The topological polar surface area (TPSA) is 77.7 Å². The highest BCUT2D eigenvalue weighted by molar-refractivity contribution is 5.71. The third-order valence-corrected chi connectivity index (χ3v) is 2.35. The summed E-state index contributed by atoms with van der Waals surface area (Å²) in [4.78, 5) is 17.3. The van der Waals surface area contributed by atoms with Gasteiger partial charge in [0.25, 0.3) is 5.95 Å². The van der Waals surface area contributed by atoms with Crippen LogP contribution in [0.15, 0.2) is 4.52 Å². The van der Waals surface area contributed by atoms with Crippen molar-refractivity contribution in [2.24, 2.45) is 0 Å². The lowest BCUT2D eigenvalue weighted by atomic mass is 10.4. The molecule has 0 spiro atoms. The lowest BCUT2D eigenvalue weighted by molar-refractivity contribution is -0.142. The van der Waals surface area contributed by atoms with Crippen LogP contribution in [-0.4, -0.2) is 49.0 Å². The molecule has 1 fully saturated rings. The van der Waals surface area contributed by atoms with Crippen LogP contribution in [0.1, 0.15) is 12.8 Å². The van der Waals surface area contributed by atoms with Crippen LogP contribution < -0.4 is 4.90 Å². The summed E-state index contributed by atoms with van der Waals surface area (Å²) in [7, 11) is 0. The molecule has 7 nitrogen and oxygen atoms in total. The number of carbonyl (C=O) groups is 1. The van der Waals surface area contributed by atoms with E-state index in [1.165, 1.54) is 0 Å². The van der Waals surface area contributed by atoms with Gasteiger partial charge in [-0.3, -0.25) is 4.79 Å². The van der Waals surface area contributed by atoms with Crippen molar-refractivity contribution < 1.29 is 18.8 Å². The molecule has 0 unspecified atom stereocenters. The van der Waals surface area contributed by atoms with Crippen LogP contribution in [0, 0.1) is 0 Å². The molecule has 1 aromatic rings. The molecule has 1 aromatic heterocycles. The fourth-order valence-corrected chi connectivity index (χ4v) is 1.54. The molecule has 1 saturated heterocycles. The molecule has 0 saturated carbocycles. The Morgan fingerprint density at radius 3 is 2.94 bits per heavy atom. The van der Waals surface area contributed by atoms with Crippen LogP contribution in [0.5, 0.6) is 0 Å². The Bertz CT molecular complexity index is 373. The summed E-state index contributed by atoms with van der Waals surface area (Å²) in [6.07, 6.45) is 0.0190. The van der Waals surface area contributed by atoms with E-state index in [1.807, 2.05) is 4.90 Å². The monoisotopic (exact) mass is 241 g/mol. The molecule has 0 bridgehead atoms. The van der Waals surface area contributed by atoms with Crippen molar-refractivity contribution in [1.82, 2.24) is 10.1 Å². The number of carbonyl (C=O) groups excluding carboxylic acids is 1. The van der Waals surface area contributed by atoms with E-state index in [2.05, 4.69) is 10.1 Å². The molecule has 1 aliphatic heterocycles. The number of hydrogen-bond acceptors (Lipinski definition) is 7. The Labute approximate surface area is 98.7 Å². The van der Waals surface area contributed by atoms with E-state index in [1.54, 1.807) is 6.92 Å². The van der Waals surface area contributed by atoms with Crippen molar-refractivity contribution in [3.05, 3.63) is 5.89 Å². The Hall–Kier alpha value is -1.63. The third-order valence-electron chi connectivity index (χ3n) is 2.35. The van der Waals surface area contributed by atoms with E-state index in [0.717, 1.165) is 13.1 Å². The van der Waals surface area contributed by atoms with E-state index >= 15 is 0 Å². The fraction of sp³-hybridized carbons (Fsp3) is 0.700. The van der Waals surface area contributed by atoms with Crippen molar-refractivity contribution >= 4 is 11.9 Å². The van der Waals surface area contributed by atoms with Crippen LogP contribution in [-0.2, 0) is 20.7 Å². The predicted molar refractivity (Wildman–Crippen MR) is 57.7 cm³/mol. The Balaban J connectivity index is 1.93. The van der Waals surface area contributed by atoms with Gasteiger partial charge in [-0.1, -0.05) is 0 Å². The number of aromatic nitrogens is 2. The van der Waals surface area contributed by atoms with Crippen LogP contribution >= 0.6 is 0 Å². The lowest BCUT2D eigenvalue weighted by Crippen LogP contribution is -2.36. The zero-order valence-corrected chi connectivity index (χ0v) is 9.72. The highest BCUT2D eigenvalue weighted by Gasteiger charge is 2.18. The summed E-state index contributed by atoms with van der Waals surface area (Å²) in [5.41, 5.74) is 0. The van der Waals surface area contributed by atoms with Gasteiger partial charge in [0.15, 0.2) is 0 Å². The summed E-state index contributed by atoms with van der Waals surface area (Å²) in [6, 6.07) is 0. The third kappa shape index (κ3) is 3.16. The first-order valence-corrected chi connectivity index (χ1v) is 5.60. The second-order valence-corrected chi connectivity index (χ2v) is 3.57. The second-order valence-electron chi connectivity index (χ2n) is 3.57. The van der Waals surface area contributed by atoms with Gasteiger partial charge < -0.3 is 18.9 Å². The molecule has 2 rings (SSSR count). The number of morpholine rings is 1. The minimum atomic E-state index is -0.357. The first kappa shape index (κ1) is 11.8. The van der Waals surface area contributed by atoms with Crippen LogP contribution in [0.3, 0.4) is 0 Å². The number of anilines is 1. The number of hydrogen-bond donors (Lipinski definition) is 0. The predicted octanol–water partition coefficient (Wildman–Crippen LogP) is 0.0118. The number of nitrogens with zero attached hydrogens (tertiary/aromatic N) is 3. The first-order chi connectivity index (χ1) is 8.29. The van der Waals surface area contributed by atoms with Gasteiger partial charge >= 0.3 is 5.97 Å². The van der Waals surface area contributed by atoms with E-state index in [-0.39, 0.29) is 18.3 Å². The van der Waals surface area contributed by atoms with Crippen molar-refractivity contribution in [2.45, 2.75) is 13.3 Å². The Morgan fingerprint density at radius 2 is 2.24 bits per heavy atom. The van der Waals surface area contributed by atoms with Crippen LogP contribution in [0.2, 0.25) is 0 Å². The van der Waals surface area contributed by atoms with E-state index in [9.17, 15) is 4.79 Å². The first-order valence-electron chi connectivity index (χ1n) is 5.60. The molecular formula is C10H15N3O4. The van der Waals surface area contributed by atoms with Gasteiger partial charge in [0.05, 0.1) is 19.8 Å². The molecule has 0 amide bonds. The zero-order valence-electron chi connectivity index (χ0n) is 9.72. The standard InChI is InChI=1S/C10H15N3O4/c1-2-16-9(14)7-8-11-10(12-17-8)13-3-5-15-6-4-13/h2-7H2,1H3. The fourth-order valence-electron chi connectivity index (χ4n) is 1.54. The molecule has 2 heterocycles. The largest absolute Gasteiger partial charge is 0.466 e. The second kappa shape index (κ2) is 5.62. The number of ether oxygens (including phenoxy) is 2. The molecule has 0 aromatic carbocycles. The lowest BCUT2D eigenvalue weighted by Gasteiger charge is -2.24. The summed E-state index contributed by atoms with van der Waals surface area (Å²) in [6.45, 7) is 4.88. The maximum atomic E-state index is 11.2. The normalized spacial score (nSPS) is 15.9. The van der Waals surface area contributed by atoms with Gasteiger partial charge in [-0.15, -0.1) is 0 Å². The van der Waals surface area contributed by atoms with Crippen molar-refractivity contribution in [3.8, 4) is 0 Å². The minimum absolute atomic E-state index is 0.0190. The van der Waals surface area contributed by atoms with Crippen molar-refractivity contribution in [1.29, 1.82) is 0 Å². The molecule has 94 valence electrons. The average molecular weight is 241 g/mol. The van der Waals surface area contributed by atoms with Crippen molar-refractivity contribution in [3.63, 3.8) is 0 Å². The van der Waals surface area contributed by atoms with E-state index < -0.39 is 0 Å². The highest BCUT2D eigenvalue weighted by Crippen LogP contribution is 2.11. The van der Waals surface area contributed by atoms with Crippen LogP contribution in [0.4, 0.5) is 5.95 Å². The van der Waals surface area contributed by atoms with E-state index in [4.69, 9.17) is 14.0 Å². The van der Waals surface area contributed by atoms with Gasteiger partial charge in [0.2, 0.25) is 5.89 Å². The summed E-state index contributed by atoms with van der Waals surface area (Å²) in [5, 5.41) is 3.83.